The Kier molecular flexibility index (Phi) is 5.30. The molecule has 0 fully saturated rings. The first-order chi connectivity index (χ1) is 23.0. The average molecular weight is 605 g/mol. The van der Waals surface area contributed by atoms with Crippen LogP contribution in [0.5, 0.6) is 0 Å². The monoisotopic (exact) mass is 604 g/mol. The van der Waals surface area contributed by atoms with E-state index in [9.17, 15) is 0 Å². The first-order valence-electron chi connectivity index (χ1n) is 18.1. The summed E-state index contributed by atoms with van der Waals surface area (Å²) in [5.41, 5.74) is 16.0. The van der Waals surface area contributed by atoms with E-state index in [-0.39, 0.29) is 5.41 Å². The zero-order valence-electron chi connectivity index (χ0n) is 27.5. The van der Waals surface area contributed by atoms with Crippen LogP contribution in [0.4, 0.5) is 0 Å². The molecule has 11 rings (SSSR count). The van der Waals surface area contributed by atoms with Crippen LogP contribution in [0, 0.1) is 5.41 Å². The molecule has 0 radical (unpaired) electrons. The van der Waals surface area contributed by atoms with E-state index in [1.807, 2.05) is 0 Å². The quantitative estimate of drug-likeness (QED) is 0.214. The first-order valence-corrected chi connectivity index (χ1v) is 18.1. The van der Waals surface area contributed by atoms with Crippen molar-refractivity contribution in [3.05, 3.63) is 144 Å². The lowest BCUT2D eigenvalue weighted by atomic mass is 9.72. The van der Waals surface area contributed by atoms with Crippen LogP contribution in [-0.2, 0) is 0 Å². The van der Waals surface area contributed by atoms with Crippen molar-refractivity contribution >= 4 is 50.9 Å². The van der Waals surface area contributed by atoms with E-state index in [4.69, 9.17) is 0 Å². The van der Waals surface area contributed by atoms with Crippen molar-refractivity contribution in [3.63, 3.8) is 0 Å². The van der Waals surface area contributed by atoms with Crippen molar-refractivity contribution in [1.29, 1.82) is 0 Å². The second-order valence-electron chi connectivity index (χ2n) is 15.7. The number of fused-ring (bicyclic) bond motifs is 1. The van der Waals surface area contributed by atoms with Gasteiger partial charge in [0.1, 0.15) is 0 Å². The molecule has 0 aromatic heterocycles. The van der Waals surface area contributed by atoms with E-state index in [0.29, 0.717) is 11.8 Å². The molecule has 47 heavy (non-hydrogen) atoms. The third-order valence-corrected chi connectivity index (χ3v) is 13.1. The fourth-order valence-electron chi connectivity index (χ4n) is 10.9. The molecule has 2 unspecified atom stereocenters. The third-order valence-electron chi connectivity index (χ3n) is 13.1. The van der Waals surface area contributed by atoms with Crippen LogP contribution < -0.4 is 20.9 Å². The highest BCUT2D eigenvalue weighted by Crippen LogP contribution is 2.56. The van der Waals surface area contributed by atoms with Crippen LogP contribution in [-0.4, -0.2) is 0 Å². The maximum atomic E-state index is 2.67. The zero-order valence-corrected chi connectivity index (χ0v) is 27.5. The van der Waals surface area contributed by atoms with Crippen molar-refractivity contribution in [2.45, 2.75) is 77.0 Å². The Hall–Kier alpha value is -4.42. The van der Waals surface area contributed by atoms with Gasteiger partial charge >= 0.3 is 0 Å². The van der Waals surface area contributed by atoms with Crippen molar-refractivity contribution in [2.24, 2.45) is 5.41 Å². The molecule has 0 amide bonds. The van der Waals surface area contributed by atoms with Gasteiger partial charge in [-0.15, -0.1) is 0 Å². The number of rotatable bonds is 2. The standard InChI is InChI=1S/C47H40/c1-47(2)41-25-33(35-19-13-31-11-9-27-5-3-7-29-15-23-39(35)45(31)43(27)29)17-21-37(41)38-22-18-34(26-42(38)47)36-20-14-32-12-10-28-6-4-8-30-16-24-40(36)46(32)44(28)30/h3-11,13,16,19,23-26,29,32H,12,14-15,17-18,20-22H2,1-2H3. The molecule has 0 saturated heterocycles. The van der Waals surface area contributed by atoms with Crippen LogP contribution in [0.15, 0.2) is 107 Å². The molecule has 2 atom stereocenters. The fraction of sp³-hybridized carbons (Fsp3) is 0.277. The van der Waals surface area contributed by atoms with Crippen LogP contribution in [0.2, 0.25) is 0 Å². The van der Waals surface area contributed by atoms with Gasteiger partial charge in [0.2, 0.25) is 0 Å². The van der Waals surface area contributed by atoms with Gasteiger partial charge in [0.25, 0.3) is 0 Å². The molecule has 0 heteroatoms. The predicted molar refractivity (Wildman–Crippen MR) is 199 cm³/mol. The molecule has 228 valence electrons. The second kappa shape index (κ2) is 9.35. The van der Waals surface area contributed by atoms with E-state index >= 15 is 0 Å². The van der Waals surface area contributed by atoms with Gasteiger partial charge in [-0.1, -0.05) is 111 Å². The summed E-state index contributed by atoms with van der Waals surface area (Å²) in [6.45, 7) is 5.01. The lowest BCUT2D eigenvalue weighted by Gasteiger charge is -2.32. The topological polar surface area (TPSA) is 0 Å². The Labute approximate surface area is 276 Å². The summed E-state index contributed by atoms with van der Waals surface area (Å²) in [5, 5.41) is 11.7. The molecule has 0 saturated carbocycles. The lowest BCUT2D eigenvalue weighted by Crippen LogP contribution is -2.28. The minimum Gasteiger partial charge on any atom is -0.0766 e. The molecule has 0 N–H and O–H groups in total. The number of allylic oxidation sites excluding steroid dienone is 10. The molecule has 7 aliphatic carbocycles. The van der Waals surface area contributed by atoms with Crippen LogP contribution in [0.25, 0.3) is 50.9 Å². The van der Waals surface area contributed by atoms with E-state index in [2.05, 4.69) is 111 Å². The molecule has 0 heterocycles. The van der Waals surface area contributed by atoms with Crippen LogP contribution in [0.1, 0.15) is 93.7 Å². The number of hydrogen-bond donors (Lipinski definition) is 0. The Morgan fingerprint density at radius 1 is 0.638 bits per heavy atom. The maximum Gasteiger partial charge on any atom is 0.0152 e. The van der Waals surface area contributed by atoms with Crippen molar-refractivity contribution in [2.75, 3.05) is 0 Å². The lowest BCUT2D eigenvalue weighted by molar-refractivity contribution is 0.568. The average Bonchev–Trinajstić information content (AvgIpc) is 3.34. The zero-order chi connectivity index (χ0) is 31.0. The van der Waals surface area contributed by atoms with Crippen LogP contribution in [0.3, 0.4) is 0 Å². The second-order valence-corrected chi connectivity index (χ2v) is 15.7. The Morgan fingerprint density at radius 3 is 2.32 bits per heavy atom. The molecular weight excluding hydrogens is 565 g/mol. The normalized spacial score (nSPS) is 24.3. The van der Waals surface area contributed by atoms with Crippen molar-refractivity contribution in [3.8, 4) is 0 Å². The summed E-state index contributed by atoms with van der Waals surface area (Å²) < 4.78 is 0. The van der Waals surface area contributed by atoms with E-state index in [1.54, 1.807) is 49.8 Å². The SMILES string of the molecule is CC1(C)C2=C(CCC(C3=c4ccc5cccc6c5c4C(CC=6)CC3)=C2)C2=C1C=C(c1ccc3ccc4c5c3c1=CCC5C=CC=4)CC2. The molecule has 4 aromatic carbocycles. The smallest absolute Gasteiger partial charge is 0.0152 e. The van der Waals surface area contributed by atoms with Gasteiger partial charge in [-0.25, -0.2) is 0 Å². The molecular formula is C47H40. The Bertz CT molecular complexity index is 2590. The summed E-state index contributed by atoms with van der Waals surface area (Å²) >= 11 is 0. The molecule has 0 nitrogen and oxygen atoms in total. The summed E-state index contributed by atoms with van der Waals surface area (Å²) in [5.74, 6) is 1.19. The molecule has 0 bridgehead atoms. The van der Waals surface area contributed by atoms with E-state index < -0.39 is 0 Å². The summed E-state index contributed by atoms with van der Waals surface area (Å²) in [4.78, 5) is 0. The number of benzene rings is 4. The first kappa shape index (κ1) is 26.6. The molecule has 7 aliphatic rings. The minimum atomic E-state index is 0.0291. The van der Waals surface area contributed by atoms with Gasteiger partial charge in [0, 0.05) is 11.3 Å². The van der Waals surface area contributed by atoms with Gasteiger partial charge in [0.15, 0.2) is 0 Å². The largest absolute Gasteiger partial charge is 0.0766 e. The Balaban J connectivity index is 1.03. The highest BCUT2D eigenvalue weighted by Gasteiger charge is 2.41. The summed E-state index contributed by atoms with van der Waals surface area (Å²) in [7, 11) is 0. The fourth-order valence-corrected chi connectivity index (χ4v) is 10.9. The van der Waals surface area contributed by atoms with Gasteiger partial charge in [-0.05, 0) is 155 Å². The maximum absolute atomic E-state index is 2.67. The van der Waals surface area contributed by atoms with Gasteiger partial charge in [-0.2, -0.15) is 0 Å². The molecule has 0 aliphatic heterocycles. The van der Waals surface area contributed by atoms with Gasteiger partial charge in [-0.3, -0.25) is 0 Å². The van der Waals surface area contributed by atoms with E-state index in [0.717, 1.165) is 12.8 Å². The molecule has 4 aromatic rings. The van der Waals surface area contributed by atoms with Gasteiger partial charge in [0.05, 0.1) is 0 Å². The van der Waals surface area contributed by atoms with Crippen molar-refractivity contribution in [1.82, 2.24) is 0 Å². The summed E-state index contributed by atoms with van der Waals surface area (Å²) in [6.07, 6.45) is 26.8. The highest BCUT2D eigenvalue weighted by molar-refractivity contribution is 5.94. The van der Waals surface area contributed by atoms with E-state index in [1.165, 1.54) is 86.9 Å². The van der Waals surface area contributed by atoms with Crippen molar-refractivity contribution < 1.29 is 0 Å². The molecule has 0 spiro atoms. The number of hydrogen-bond acceptors (Lipinski definition) is 0. The van der Waals surface area contributed by atoms with Gasteiger partial charge < -0.3 is 0 Å². The minimum absolute atomic E-state index is 0.0291. The Morgan fingerprint density at radius 2 is 1.43 bits per heavy atom. The highest BCUT2D eigenvalue weighted by atomic mass is 14.4. The predicted octanol–water partition coefficient (Wildman–Crippen LogP) is 9.05. The summed E-state index contributed by atoms with van der Waals surface area (Å²) in [6, 6.07) is 21.2. The third kappa shape index (κ3) is 3.54. The van der Waals surface area contributed by atoms with Crippen LogP contribution >= 0.6 is 0 Å².